The number of hydrogen-bond donors (Lipinski definition) is 2. The first-order valence-corrected chi connectivity index (χ1v) is 10.0. The van der Waals surface area contributed by atoms with Crippen LogP contribution in [-0.2, 0) is 14.8 Å². The van der Waals surface area contributed by atoms with Gasteiger partial charge in [-0.2, -0.15) is 4.31 Å². The first-order valence-electron chi connectivity index (χ1n) is 8.56. The van der Waals surface area contributed by atoms with Gasteiger partial charge in [0.1, 0.15) is 5.69 Å². The maximum absolute atomic E-state index is 12.6. The summed E-state index contributed by atoms with van der Waals surface area (Å²) in [6.07, 6.45) is 2.10. The summed E-state index contributed by atoms with van der Waals surface area (Å²) in [6, 6.07) is 3.49. The molecular weight excluding hydrogens is 360 g/mol. The van der Waals surface area contributed by atoms with Crippen LogP contribution in [0.2, 0.25) is 0 Å². The van der Waals surface area contributed by atoms with Crippen molar-refractivity contribution in [3.63, 3.8) is 0 Å². The number of hydrogen-bond acceptors (Lipinski definition) is 6. The Morgan fingerprint density at radius 1 is 1.35 bits per heavy atom. The first-order chi connectivity index (χ1) is 12.2. The van der Waals surface area contributed by atoms with Crippen molar-refractivity contribution in [1.82, 2.24) is 4.31 Å². The molecule has 1 fully saturated rings. The average molecular weight is 384 g/mol. The molecule has 0 aromatic heterocycles. The summed E-state index contributed by atoms with van der Waals surface area (Å²) in [5, 5.41) is 14.5. The third-order valence-corrected chi connectivity index (χ3v) is 6.78. The van der Waals surface area contributed by atoms with Gasteiger partial charge in [-0.15, -0.1) is 0 Å². The second-order valence-corrected chi connectivity index (χ2v) is 8.15. The standard InChI is InChI=1S/C16H24N4O5S/c1-3-19(4-2)26(24,25)11-8-9-14(15(10-11)20(22)23)18-13-7-5-6-12(13)16(17)21/h8-10,12-13,18H,3-7H2,1-2H3,(H2,17,21)/t12-,13+/m0/s1. The minimum Gasteiger partial charge on any atom is -0.376 e. The van der Waals surface area contributed by atoms with Crippen LogP contribution in [0.25, 0.3) is 0 Å². The van der Waals surface area contributed by atoms with Crippen LogP contribution in [0.3, 0.4) is 0 Å². The quantitative estimate of drug-likeness (QED) is 0.517. The van der Waals surface area contributed by atoms with E-state index in [1.807, 2.05) is 0 Å². The Bertz CT molecular complexity index is 792. The van der Waals surface area contributed by atoms with Crippen molar-refractivity contribution in [2.45, 2.75) is 44.0 Å². The molecule has 10 heteroatoms. The molecule has 0 aliphatic heterocycles. The molecule has 3 N–H and O–H groups in total. The van der Waals surface area contributed by atoms with Gasteiger partial charge in [0, 0.05) is 25.2 Å². The number of amides is 1. The van der Waals surface area contributed by atoms with E-state index >= 15 is 0 Å². The number of nitrogens with one attached hydrogen (secondary N) is 1. The number of nitrogens with two attached hydrogens (primary N) is 1. The van der Waals surface area contributed by atoms with Crippen molar-refractivity contribution in [1.29, 1.82) is 0 Å². The van der Waals surface area contributed by atoms with Gasteiger partial charge in [0.25, 0.3) is 5.69 Å². The lowest BCUT2D eigenvalue weighted by atomic mass is 10.0. The molecule has 0 radical (unpaired) electrons. The highest BCUT2D eigenvalue weighted by atomic mass is 32.2. The second-order valence-electron chi connectivity index (χ2n) is 6.22. The fourth-order valence-electron chi connectivity index (χ4n) is 3.33. The predicted molar refractivity (Wildman–Crippen MR) is 97.1 cm³/mol. The van der Waals surface area contributed by atoms with Crippen LogP contribution in [0.5, 0.6) is 0 Å². The Kier molecular flexibility index (Phi) is 6.19. The van der Waals surface area contributed by atoms with Crippen molar-refractivity contribution < 1.29 is 18.1 Å². The molecule has 0 spiro atoms. The lowest BCUT2D eigenvalue weighted by Gasteiger charge is -2.21. The van der Waals surface area contributed by atoms with Gasteiger partial charge in [0.15, 0.2) is 0 Å². The summed E-state index contributed by atoms with van der Waals surface area (Å²) in [4.78, 5) is 22.2. The summed E-state index contributed by atoms with van der Waals surface area (Å²) in [5.74, 6) is -0.836. The Hall–Kier alpha value is -2.20. The molecule has 0 unspecified atom stereocenters. The second kappa shape index (κ2) is 8.00. The fraction of sp³-hybridized carbons (Fsp3) is 0.562. The zero-order valence-corrected chi connectivity index (χ0v) is 15.7. The Labute approximate surface area is 152 Å². The zero-order chi connectivity index (χ0) is 19.5. The smallest absolute Gasteiger partial charge is 0.293 e. The lowest BCUT2D eigenvalue weighted by molar-refractivity contribution is -0.384. The van der Waals surface area contributed by atoms with E-state index < -0.39 is 26.8 Å². The minimum absolute atomic E-state index is 0.128. The Morgan fingerprint density at radius 3 is 2.54 bits per heavy atom. The van der Waals surface area contributed by atoms with E-state index in [9.17, 15) is 23.3 Å². The van der Waals surface area contributed by atoms with Gasteiger partial charge in [-0.05, 0) is 25.0 Å². The van der Waals surface area contributed by atoms with Crippen molar-refractivity contribution in [3.8, 4) is 0 Å². The van der Waals surface area contributed by atoms with Crippen LogP contribution in [-0.4, -0.2) is 42.7 Å². The number of carbonyl (C=O) groups excluding carboxylic acids is 1. The maximum atomic E-state index is 12.6. The third-order valence-electron chi connectivity index (χ3n) is 4.73. The van der Waals surface area contributed by atoms with Crippen molar-refractivity contribution in [3.05, 3.63) is 28.3 Å². The third kappa shape index (κ3) is 3.96. The van der Waals surface area contributed by atoms with E-state index in [0.29, 0.717) is 12.8 Å². The fourth-order valence-corrected chi connectivity index (χ4v) is 4.81. The number of anilines is 1. The molecule has 1 aromatic carbocycles. The summed E-state index contributed by atoms with van der Waals surface area (Å²) in [6.45, 7) is 3.95. The molecule has 1 amide bonds. The molecule has 1 aliphatic carbocycles. The van der Waals surface area contributed by atoms with Crippen LogP contribution in [0.15, 0.2) is 23.1 Å². The molecule has 2 rings (SSSR count). The van der Waals surface area contributed by atoms with E-state index in [1.165, 1.54) is 16.4 Å². The van der Waals surface area contributed by atoms with Crippen LogP contribution < -0.4 is 11.1 Å². The van der Waals surface area contributed by atoms with E-state index in [-0.39, 0.29) is 35.4 Å². The van der Waals surface area contributed by atoms with Crippen LogP contribution in [0, 0.1) is 16.0 Å². The number of nitro benzene ring substituents is 1. The first kappa shape index (κ1) is 20.1. The van der Waals surface area contributed by atoms with Gasteiger partial charge in [-0.1, -0.05) is 20.3 Å². The molecule has 0 bridgehead atoms. The molecule has 1 aromatic rings. The van der Waals surface area contributed by atoms with Gasteiger partial charge >= 0.3 is 0 Å². The van der Waals surface area contributed by atoms with E-state index in [1.54, 1.807) is 13.8 Å². The van der Waals surface area contributed by atoms with E-state index in [2.05, 4.69) is 5.32 Å². The monoisotopic (exact) mass is 384 g/mol. The highest BCUT2D eigenvalue weighted by Crippen LogP contribution is 2.34. The summed E-state index contributed by atoms with van der Waals surface area (Å²) >= 11 is 0. The average Bonchev–Trinajstić information content (AvgIpc) is 3.04. The number of carbonyl (C=O) groups is 1. The zero-order valence-electron chi connectivity index (χ0n) is 14.8. The maximum Gasteiger partial charge on any atom is 0.293 e. The molecule has 2 atom stereocenters. The number of sulfonamides is 1. The molecular formula is C16H24N4O5S. The molecule has 1 aliphatic rings. The van der Waals surface area contributed by atoms with Gasteiger partial charge in [0.05, 0.1) is 15.7 Å². The largest absolute Gasteiger partial charge is 0.376 e. The lowest BCUT2D eigenvalue weighted by Crippen LogP contribution is -2.34. The van der Waals surface area contributed by atoms with E-state index in [0.717, 1.165) is 12.5 Å². The SMILES string of the molecule is CCN(CC)S(=O)(=O)c1ccc(N[C@@H]2CCC[C@@H]2C(N)=O)c([N+](=O)[O-])c1. The molecule has 9 nitrogen and oxygen atoms in total. The van der Waals surface area contributed by atoms with Crippen LogP contribution in [0.1, 0.15) is 33.1 Å². The summed E-state index contributed by atoms with van der Waals surface area (Å²) < 4.78 is 26.4. The molecule has 144 valence electrons. The Balaban J connectivity index is 2.38. The number of primary amides is 1. The van der Waals surface area contributed by atoms with Crippen LogP contribution >= 0.6 is 0 Å². The van der Waals surface area contributed by atoms with Gasteiger partial charge in [-0.25, -0.2) is 8.42 Å². The van der Waals surface area contributed by atoms with Crippen molar-refractivity contribution in [2.75, 3.05) is 18.4 Å². The highest BCUT2D eigenvalue weighted by Gasteiger charge is 2.33. The van der Waals surface area contributed by atoms with Gasteiger partial charge in [0.2, 0.25) is 15.9 Å². The summed E-state index contributed by atoms with van der Waals surface area (Å²) in [7, 11) is -3.80. The molecule has 0 heterocycles. The number of nitro groups is 1. The molecule has 0 saturated heterocycles. The normalized spacial score (nSPS) is 20.3. The van der Waals surface area contributed by atoms with Crippen molar-refractivity contribution in [2.24, 2.45) is 11.7 Å². The highest BCUT2D eigenvalue weighted by molar-refractivity contribution is 7.89. The number of benzene rings is 1. The van der Waals surface area contributed by atoms with Gasteiger partial charge in [-0.3, -0.25) is 14.9 Å². The Morgan fingerprint density at radius 2 is 2.00 bits per heavy atom. The van der Waals surface area contributed by atoms with Gasteiger partial charge < -0.3 is 11.1 Å². The van der Waals surface area contributed by atoms with Crippen LogP contribution in [0.4, 0.5) is 11.4 Å². The topological polar surface area (TPSA) is 136 Å². The van der Waals surface area contributed by atoms with Crippen molar-refractivity contribution >= 4 is 27.3 Å². The molecule has 1 saturated carbocycles. The molecule has 26 heavy (non-hydrogen) atoms. The van der Waals surface area contributed by atoms with E-state index in [4.69, 9.17) is 5.73 Å². The summed E-state index contributed by atoms with van der Waals surface area (Å²) in [5.41, 5.74) is 5.23. The number of nitrogens with zero attached hydrogens (tertiary/aromatic N) is 2. The predicted octanol–water partition coefficient (Wildman–Crippen LogP) is 1.69. The minimum atomic E-state index is -3.80. The number of rotatable bonds is 8.